The van der Waals surface area contributed by atoms with Crippen LogP contribution in [0.3, 0.4) is 0 Å². The highest BCUT2D eigenvalue weighted by Crippen LogP contribution is 2.32. The van der Waals surface area contributed by atoms with E-state index in [-0.39, 0.29) is 17.3 Å². The molecule has 0 aliphatic rings. The number of rotatable bonds is 5. The Morgan fingerprint density at radius 3 is 2.53 bits per heavy atom. The Balaban J connectivity index is 1.47. The number of aromatic nitrogens is 5. The Labute approximate surface area is 174 Å². The SMILES string of the molecule is Cc1ccc(-c2nnc(SCc3nc(-c4cccc(C(F)(F)F)c4)no3)n2C)cc1. The summed E-state index contributed by atoms with van der Waals surface area (Å²) in [5.41, 5.74) is 1.59. The number of nitrogens with zero attached hydrogens (tertiary/aromatic N) is 5. The molecule has 2 aromatic carbocycles. The van der Waals surface area contributed by atoms with Crippen molar-refractivity contribution in [1.82, 2.24) is 24.9 Å². The van der Waals surface area contributed by atoms with Gasteiger partial charge in [-0.05, 0) is 19.1 Å². The molecule has 0 saturated carbocycles. The first kappa shape index (κ1) is 20.1. The number of halogens is 3. The van der Waals surface area contributed by atoms with Crippen LogP contribution in [0.4, 0.5) is 13.2 Å². The van der Waals surface area contributed by atoms with Gasteiger partial charge in [0.25, 0.3) is 0 Å². The molecule has 0 saturated heterocycles. The van der Waals surface area contributed by atoms with Crippen molar-refractivity contribution in [2.24, 2.45) is 7.05 Å². The van der Waals surface area contributed by atoms with Gasteiger partial charge in [-0.15, -0.1) is 10.2 Å². The smallest absolute Gasteiger partial charge is 0.338 e. The van der Waals surface area contributed by atoms with Crippen molar-refractivity contribution in [3.8, 4) is 22.8 Å². The Kier molecular flexibility index (Phi) is 5.33. The van der Waals surface area contributed by atoms with Gasteiger partial charge in [-0.2, -0.15) is 18.2 Å². The Morgan fingerprint density at radius 2 is 1.80 bits per heavy atom. The summed E-state index contributed by atoms with van der Waals surface area (Å²) in [5.74, 6) is 1.43. The molecule has 0 radical (unpaired) electrons. The van der Waals surface area contributed by atoms with E-state index in [1.165, 1.54) is 23.9 Å². The number of hydrogen-bond acceptors (Lipinski definition) is 6. The number of benzene rings is 2. The van der Waals surface area contributed by atoms with Gasteiger partial charge < -0.3 is 9.09 Å². The van der Waals surface area contributed by atoms with Crippen molar-refractivity contribution >= 4 is 11.8 Å². The van der Waals surface area contributed by atoms with E-state index in [4.69, 9.17) is 4.52 Å². The minimum Gasteiger partial charge on any atom is -0.338 e. The standard InChI is InChI=1S/C20H16F3N5OS/c1-12-6-8-13(9-7-12)18-25-26-19(28(18)2)30-11-16-24-17(27-29-16)14-4-3-5-15(10-14)20(21,22)23/h3-10H,11H2,1-2H3. The Bertz CT molecular complexity index is 1170. The molecule has 0 atom stereocenters. The lowest BCUT2D eigenvalue weighted by Crippen LogP contribution is -2.04. The van der Waals surface area contributed by atoms with Crippen molar-refractivity contribution in [2.45, 2.75) is 24.0 Å². The lowest BCUT2D eigenvalue weighted by Gasteiger charge is -2.06. The van der Waals surface area contributed by atoms with E-state index in [1.54, 1.807) is 0 Å². The van der Waals surface area contributed by atoms with Crippen molar-refractivity contribution < 1.29 is 17.7 Å². The van der Waals surface area contributed by atoms with Crippen molar-refractivity contribution in [2.75, 3.05) is 0 Å². The second-order valence-corrected chi connectivity index (χ2v) is 7.55. The Morgan fingerprint density at radius 1 is 1.03 bits per heavy atom. The summed E-state index contributed by atoms with van der Waals surface area (Å²) < 4.78 is 45.7. The maximum Gasteiger partial charge on any atom is 0.416 e. The van der Waals surface area contributed by atoms with Gasteiger partial charge in [-0.25, -0.2) is 0 Å². The third-order valence-electron chi connectivity index (χ3n) is 4.39. The zero-order chi connectivity index (χ0) is 21.3. The lowest BCUT2D eigenvalue weighted by atomic mass is 10.1. The van der Waals surface area contributed by atoms with Crippen molar-refractivity contribution in [3.63, 3.8) is 0 Å². The van der Waals surface area contributed by atoms with E-state index in [0.717, 1.165) is 29.1 Å². The first-order valence-electron chi connectivity index (χ1n) is 8.91. The minimum absolute atomic E-state index is 0.106. The van der Waals surface area contributed by atoms with Gasteiger partial charge in [0.15, 0.2) is 11.0 Å². The molecular weight excluding hydrogens is 415 g/mol. The molecular formula is C20H16F3N5OS. The van der Waals surface area contributed by atoms with Crippen LogP contribution in [0.25, 0.3) is 22.8 Å². The third kappa shape index (κ3) is 4.23. The fourth-order valence-electron chi connectivity index (χ4n) is 2.79. The van der Waals surface area contributed by atoms with Crippen LogP contribution in [-0.4, -0.2) is 24.9 Å². The van der Waals surface area contributed by atoms with Gasteiger partial charge in [0, 0.05) is 18.2 Å². The number of thioether (sulfide) groups is 1. The van der Waals surface area contributed by atoms with E-state index in [1.807, 2.05) is 42.8 Å². The average Bonchev–Trinajstić information content (AvgIpc) is 3.33. The predicted molar refractivity (Wildman–Crippen MR) is 105 cm³/mol. The van der Waals surface area contributed by atoms with E-state index in [2.05, 4.69) is 20.3 Å². The molecule has 0 N–H and O–H groups in total. The highest BCUT2D eigenvalue weighted by molar-refractivity contribution is 7.98. The highest BCUT2D eigenvalue weighted by atomic mass is 32.2. The summed E-state index contributed by atoms with van der Waals surface area (Å²) in [7, 11) is 1.86. The highest BCUT2D eigenvalue weighted by Gasteiger charge is 2.30. The topological polar surface area (TPSA) is 69.6 Å². The predicted octanol–water partition coefficient (Wildman–Crippen LogP) is 5.15. The molecule has 0 aliphatic heterocycles. The summed E-state index contributed by atoms with van der Waals surface area (Å²) in [6, 6.07) is 12.8. The van der Waals surface area contributed by atoms with Crippen LogP contribution in [0.1, 0.15) is 17.0 Å². The number of aryl methyl sites for hydroxylation is 1. The molecule has 0 bridgehead atoms. The molecule has 2 aromatic heterocycles. The van der Waals surface area contributed by atoms with Gasteiger partial charge in [0.1, 0.15) is 0 Å². The fourth-order valence-corrected chi connectivity index (χ4v) is 3.53. The molecule has 4 rings (SSSR count). The maximum atomic E-state index is 12.9. The van der Waals surface area contributed by atoms with Crippen molar-refractivity contribution in [1.29, 1.82) is 0 Å². The second-order valence-electron chi connectivity index (χ2n) is 6.61. The molecule has 0 spiro atoms. The molecule has 0 amide bonds. The van der Waals surface area contributed by atoms with Gasteiger partial charge in [0.05, 0.1) is 11.3 Å². The van der Waals surface area contributed by atoms with E-state index in [0.29, 0.717) is 10.9 Å². The molecule has 0 unspecified atom stereocenters. The van der Waals surface area contributed by atoms with Crippen LogP contribution >= 0.6 is 11.8 Å². The Hall–Kier alpha value is -3.14. The summed E-state index contributed by atoms with van der Waals surface area (Å²) in [5, 5.41) is 12.9. The lowest BCUT2D eigenvalue weighted by molar-refractivity contribution is -0.137. The second kappa shape index (κ2) is 7.94. The van der Waals surface area contributed by atoms with Crippen molar-refractivity contribution in [3.05, 3.63) is 65.5 Å². The quantitative estimate of drug-likeness (QED) is 0.407. The first-order chi connectivity index (χ1) is 14.3. The molecule has 6 nitrogen and oxygen atoms in total. The molecule has 154 valence electrons. The molecule has 30 heavy (non-hydrogen) atoms. The van der Waals surface area contributed by atoms with E-state index < -0.39 is 11.7 Å². The van der Waals surface area contributed by atoms with Crippen LogP contribution in [-0.2, 0) is 19.0 Å². The van der Waals surface area contributed by atoms with E-state index >= 15 is 0 Å². The maximum absolute atomic E-state index is 12.9. The van der Waals surface area contributed by atoms with Crippen LogP contribution in [0.2, 0.25) is 0 Å². The van der Waals surface area contributed by atoms with Gasteiger partial charge in [-0.1, -0.05) is 58.9 Å². The molecule has 0 fully saturated rings. The zero-order valence-corrected chi connectivity index (χ0v) is 16.8. The number of alkyl halides is 3. The number of hydrogen-bond donors (Lipinski definition) is 0. The summed E-state index contributed by atoms with van der Waals surface area (Å²) in [6.07, 6.45) is -4.43. The van der Waals surface area contributed by atoms with Gasteiger partial charge in [-0.3, -0.25) is 0 Å². The average molecular weight is 431 g/mol. The molecule has 4 aromatic rings. The zero-order valence-electron chi connectivity index (χ0n) is 16.0. The molecule has 0 aliphatic carbocycles. The first-order valence-corrected chi connectivity index (χ1v) is 9.89. The summed E-state index contributed by atoms with van der Waals surface area (Å²) in [4.78, 5) is 4.20. The van der Waals surface area contributed by atoms with Gasteiger partial charge >= 0.3 is 6.18 Å². The van der Waals surface area contributed by atoms with E-state index in [9.17, 15) is 13.2 Å². The summed E-state index contributed by atoms with van der Waals surface area (Å²) in [6.45, 7) is 2.01. The van der Waals surface area contributed by atoms with Crippen LogP contribution in [0.15, 0.2) is 58.2 Å². The van der Waals surface area contributed by atoms with Gasteiger partial charge in [0.2, 0.25) is 11.7 Å². The normalized spacial score (nSPS) is 11.8. The fraction of sp³-hybridized carbons (Fsp3) is 0.200. The largest absolute Gasteiger partial charge is 0.416 e. The van der Waals surface area contributed by atoms with Crippen LogP contribution < -0.4 is 0 Å². The summed E-state index contributed by atoms with van der Waals surface area (Å²) >= 11 is 1.35. The monoisotopic (exact) mass is 431 g/mol. The minimum atomic E-state index is -4.43. The molecule has 2 heterocycles. The molecule has 10 heteroatoms. The van der Waals surface area contributed by atoms with Crippen LogP contribution in [0.5, 0.6) is 0 Å². The van der Waals surface area contributed by atoms with Crippen LogP contribution in [0, 0.1) is 6.92 Å². The third-order valence-corrected chi connectivity index (χ3v) is 5.39.